The van der Waals surface area contributed by atoms with Gasteiger partial charge < -0.3 is 16.8 Å². The monoisotopic (exact) mass is 269 g/mol. The van der Waals surface area contributed by atoms with Crippen molar-refractivity contribution in [1.82, 2.24) is 9.97 Å². The number of carbonyl (C=O) groups is 1. The van der Waals surface area contributed by atoms with Crippen LogP contribution in [0.3, 0.4) is 0 Å². The molecule has 3 rings (SSSR count). The lowest BCUT2D eigenvalue weighted by molar-refractivity contribution is 0.102. The minimum absolute atomic E-state index is 0.0524. The number of amides is 1. The Morgan fingerprint density at radius 2 is 2.00 bits per heavy atom. The summed E-state index contributed by atoms with van der Waals surface area (Å²) < 4.78 is 0. The maximum absolute atomic E-state index is 12.1. The number of nitrogens with one attached hydrogen (secondary N) is 1. The van der Waals surface area contributed by atoms with Crippen LogP contribution < -0.4 is 16.8 Å². The lowest BCUT2D eigenvalue weighted by Gasteiger charge is -2.08. The van der Waals surface area contributed by atoms with Crippen molar-refractivity contribution >= 4 is 23.4 Å². The number of fused-ring (bicyclic) bond motifs is 1. The van der Waals surface area contributed by atoms with E-state index in [1.54, 1.807) is 0 Å². The molecule has 0 radical (unpaired) electrons. The first-order chi connectivity index (χ1) is 9.63. The molecule has 1 aromatic heterocycles. The summed E-state index contributed by atoms with van der Waals surface area (Å²) in [6, 6.07) is 5.96. The van der Waals surface area contributed by atoms with Crippen LogP contribution in [0.5, 0.6) is 0 Å². The number of nitrogens with zero attached hydrogens (tertiary/aromatic N) is 2. The van der Waals surface area contributed by atoms with Gasteiger partial charge in [-0.15, -0.1) is 0 Å². The van der Waals surface area contributed by atoms with Gasteiger partial charge in [0.05, 0.1) is 0 Å². The first-order valence-corrected chi connectivity index (χ1v) is 6.44. The van der Waals surface area contributed by atoms with E-state index in [1.807, 2.05) is 12.1 Å². The first kappa shape index (κ1) is 12.4. The van der Waals surface area contributed by atoms with Crippen LogP contribution in [0.1, 0.15) is 27.9 Å². The molecule has 0 saturated carbocycles. The predicted molar refractivity (Wildman–Crippen MR) is 77.3 cm³/mol. The van der Waals surface area contributed by atoms with Crippen LogP contribution in [-0.4, -0.2) is 15.9 Å². The highest BCUT2D eigenvalue weighted by atomic mass is 16.1. The van der Waals surface area contributed by atoms with Gasteiger partial charge in [0.25, 0.3) is 5.91 Å². The van der Waals surface area contributed by atoms with Gasteiger partial charge in [-0.2, -0.15) is 4.98 Å². The Labute approximate surface area is 116 Å². The number of benzene rings is 1. The minimum atomic E-state index is -0.333. The Hall–Kier alpha value is -2.63. The fourth-order valence-corrected chi connectivity index (χ4v) is 2.43. The molecule has 102 valence electrons. The Bertz CT molecular complexity index is 683. The largest absolute Gasteiger partial charge is 0.383 e. The van der Waals surface area contributed by atoms with Crippen LogP contribution in [-0.2, 0) is 12.8 Å². The van der Waals surface area contributed by atoms with Crippen LogP contribution in [0.15, 0.2) is 24.4 Å². The Balaban J connectivity index is 1.82. The zero-order chi connectivity index (χ0) is 14.1. The van der Waals surface area contributed by atoms with Gasteiger partial charge in [-0.1, -0.05) is 6.07 Å². The van der Waals surface area contributed by atoms with E-state index < -0.39 is 0 Å². The summed E-state index contributed by atoms with van der Waals surface area (Å²) in [4.78, 5) is 19.7. The number of nitrogens with two attached hydrogens (primary N) is 2. The fraction of sp³-hybridized carbons (Fsp3) is 0.214. The van der Waals surface area contributed by atoms with Gasteiger partial charge in [0.2, 0.25) is 5.95 Å². The van der Waals surface area contributed by atoms with Gasteiger partial charge in [-0.3, -0.25) is 4.79 Å². The van der Waals surface area contributed by atoms with E-state index in [1.165, 1.54) is 23.7 Å². The third kappa shape index (κ3) is 2.27. The van der Waals surface area contributed by atoms with Gasteiger partial charge in [0.15, 0.2) is 0 Å². The van der Waals surface area contributed by atoms with Crippen molar-refractivity contribution in [2.24, 2.45) is 0 Å². The fourth-order valence-electron chi connectivity index (χ4n) is 2.43. The second-order valence-electron chi connectivity index (χ2n) is 4.82. The van der Waals surface area contributed by atoms with Gasteiger partial charge in [-0.25, -0.2) is 4.98 Å². The Morgan fingerprint density at radius 3 is 2.80 bits per heavy atom. The maximum atomic E-state index is 12.1. The summed E-state index contributed by atoms with van der Waals surface area (Å²) in [6.07, 6.45) is 4.68. The van der Waals surface area contributed by atoms with E-state index in [0.29, 0.717) is 0 Å². The molecule has 6 nitrogen and oxygen atoms in total. The second kappa shape index (κ2) is 4.80. The predicted octanol–water partition coefficient (Wildman–Crippen LogP) is 1.38. The Morgan fingerprint density at radius 1 is 1.20 bits per heavy atom. The molecular formula is C14H15N5O. The van der Waals surface area contributed by atoms with Crippen molar-refractivity contribution in [2.75, 3.05) is 16.8 Å². The molecular weight excluding hydrogens is 254 g/mol. The van der Waals surface area contributed by atoms with Crippen molar-refractivity contribution < 1.29 is 4.79 Å². The molecule has 0 aliphatic heterocycles. The van der Waals surface area contributed by atoms with Crippen molar-refractivity contribution in [3.8, 4) is 0 Å². The molecule has 1 heterocycles. The van der Waals surface area contributed by atoms with Crippen LogP contribution >= 0.6 is 0 Å². The zero-order valence-corrected chi connectivity index (χ0v) is 10.9. The number of rotatable bonds is 2. The molecule has 6 heteroatoms. The quantitative estimate of drug-likeness (QED) is 0.763. The van der Waals surface area contributed by atoms with Crippen molar-refractivity contribution in [1.29, 1.82) is 0 Å². The molecule has 0 bridgehead atoms. The highest BCUT2D eigenvalue weighted by Gasteiger charge is 2.15. The topological polar surface area (TPSA) is 107 Å². The molecule has 1 amide bonds. The molecule has 1 aliphatic carbocycles. The SMILES string of the molecule is Nc1ncc(C(=O)Nc2ccc3c(c2)CCC3)c(N)n1. The van der Waals surface area contributed by atoms with E-state index in [2.05, 4.69) is 21.4 Å². The molecule has 1 aliphatic rings. The van der Waals surface area contributed by atoms with Gasteiger partial charge in [0.1, 0.15) is 11.4 Å². The second-order valence-corrected chi connectivity index (χ2v) is 4.82. The van der Waals surface area contributed by atoms with Crippen LogP contribution in [0, 0.1) is 0 Å². The molecule has 0 unspecified atom stereocenters. The molecule has 20 heavy (non-hydrogen) atoms. The highest BCUT2D eigenvalue weighted by Crippen LogP contribution is 2.25. The number of aromatic nitrogens is 2. The van der Waals surface area contributed by atoms with Crippen LogP contribution in [0.4, 0.5) is 17.5 Å². The summed E-state index contributed by atoms with van der Waals surface area (Å²) in [6.45, 7) is 0. The molecule has 0 saturated heterocycles. The number of hydrogen-bond donors (Lipinski definition) is 3. The number of carbonyl (C=O) groups excluding carboxylic acids is 1. The summed E-state index contributed by atoms with van der Waals surface area (Å²) in [5, 5.41) is 2.81. The molecule has 0 atom stereocenters. The standard InChI is InChI=1S/C14H15N5O/c15-12-11(7-17-14(16)19-12)13(20)18-10-5-4-8-2-1-3-9(8)6-10/h4-7H,1-3H2,(H,18,20)(H4,15,16,17,19). The molecule has 0 fully saturated rings. The average Bonchev–Trinajstić information content (AvgIpc) is 2.85. The van der Waals surface area contributed by atoms with E-state index in [4.69, 9.17) is 11.5 Å². The molecule has 5 N–H and O–H groups in total. The normalized spacial score (nSPS) is 13.0. The van der Waals surface area contributed by atoms with Gasteiger partial charge in [-0.05, 0) is 42.5 Å². The van der Waals surface area contributed by atoms with Gasteiger partial charge >= 0.3 is 0 Å². The average molecular weight is 269 g/mol. The summed E-state index contributed by atoms with van der Waals surface area (Å²) in [5.41, 5.74) is 14.7. The number of nitrogen functional groups attached to an aromatic ring is 2. The maximum Gasteiger partial charge on any atom is 0.260 e. The molecule has 0 spiro atoms. The van der Waals surface area contributed by atoms with Gasteiger partial charge in [0, 0.05) is 11.9 Å². The van der Waals surface area contributed by atoms with E-state index >= 15 is 0 Å². The smallest absolute Gasteiger partial charge is 0.260 e. The minimum Gasteiger partial charge on any atom is -0.383 e. The molecule has 2 aromatic rings. The first-order valence-electron chi connectivity index (χ1n) is 6.44. The van der Waals surface area contributed by atoms with Crippen LogP contribution in [0.2, 0.25) is 0 Å². The number of hydrogen-bond acceptors (Lipinski definition) is 5. The lowest BCUT2D eigenvalue weighted by atomic mass is 10.1. The summed E-state index contributed by atoms with van der Waals surface area (Å²) >= 11 is 0. The third-order valence-corrected chi connectivity index (χ3v) is 3.44. The zero-order valence-electron chi connectivity index (χ0n) is 10.9. The number of aryl methyl sites for hydroxylation is 2. The third-order valence-electron chi connectivity index (χ3n) is 3.44. The lowest BCUT2D eigenvalue weighted by Crippen LogP contribution is -2.16. The van der Waals surface area contributed by atoms with Crippen molar-refractivity contribution in [3.63, 3.8) is 0 Å². The van der Waals surface area contributed by atoms with Crippen molar-refractivity contribution in [3.05, 3.63) is 41.1 Å². The van der Waals surface area contributed by atoms with E-state index in [-0.39, 0.29) is 23.2 Å². The van der Waals surface area contributed by atoms with E-state index in [0.717, 1.165) is 18.5 Å². The highest BCUT2D eigenvalue weighted by molar-refractivity contribution is 6.07. The molecule has 1 aromatic carbocycles. The van der Waals surface area contributed by atoms with Crippen LogP contribution in [0.25, 0.3) is 0 Å². The summed E-state index contributed by atoms with van der Waals surface area (Å²) in [5.74, 6) is -0.201. The number of anilines is 3. The Kier molecular flexibility index (Phi) is 2.98. The van der Waals surface area contributed by atoms with Crippen molar-refractivity contribution in [2.45, 2.75) is 19.3 Å². The van der Waals surface area contributed by atoms with E-state index in [9.17, 15) is 4.79 Å². The summed E-state index contributed by atoms with van der Waals surface area (Å²) in [7, 11) is 0.